The summed E-state index contributed by atoms with van der Waals surface area (Å²) in [4.78, 5) is 34.2. The van der Waals surface area contributed by atoms with Gasteiger partial charge in [-0.05, 0) is 30.4 Å². The summed E-state index contributed by atoms with van der Waals surface area (Å²) >= 11 is 1.47. The van der Waals surface area contributed by atoms with Crippen LogP contribution in [0.25, 0.3) is 10.2 Å². The Kier molecular flexibility index (Phi) is 4.40. The van der Waals surface area contributed by atoms with Gasteiger partial charge in [-0.1, -0.05) is 0 Å². The first-order valence-electron chi connectivity index (χ1n) is 8.15. The van der Waals surface area contributed by atoms with Gasteiger partial charge in [-0.3, -0.25) is 10.1 Å². The van der Waals surface area contributed by atoms with Crippen LogP contribution in [0.3, 0.4) is 0 Å². The van der Waals surface area contributed by atoms with Crippen molar-refractivity contribution in [3.63, 3.8) is 0 Å². The zero-order chi connectivity index (χ0) is 19.0. The van der Waals surface area contributed by atoms with Gasteiger partial charge in [0, 0.05) is 18.7 Å². The van der Waals surface area contributed by atoms with Crippen molar-refractivity contribution in [1.29, 1.82) is 0 Å². The fourth-order valence-electron chi connectivity index (χ4n) is 3.17. The van der Waals surface area contributed by atoms with E-state index in [-0.39, 0.29) is 0 Å². The van der Waals surface area contributed by atoms with Gasteiger partial charge in [0.05, 0.1) is 10.3 Å². The largest absolute Gasteiger partial charge is 0.418 e. The fraction of sp³-hybridized carbons (Fsp3) is 0.235. The van der Waals surface area contributed by atoms with Crippen LogP contribution in [0.5, 0.6) is 5.75 Å². The Balaban J connectivity index is 1.63. The average Bonchev–Trinajstić information content (AvgIpc) is 3.30. The minimum Gasteiger partial charge on any atom is -0.418 e. The van der Waals surface area contributed by atoms with Gasteiger partial charge < -0.3 is 9.64 Å². The number of aromatic nitrogens is 2. The van der Waals surface area contributed by atoms with Crippen LogP contribution in [0.2, 0.25) is 0 Å². The number of halogens is 1. The maximum absolute atomic E-state index is 13.5. The lowest BCUT2D eigenvalue weighted by Gasteiger charge is -2.24. The molecule has 0 saturated carbocycles. The summed E-state index contributed by atoms with van der Waals surface area (Å²) in [6.45, 7) is 0.590. The van der Waals surface area contributed by atoms with E-state index in [1.807, 2.05) is 16.3 Å². The lowest BCUT2D eigenvalue weighted by atomic mass is 10.2. The first kappa shape index (κ1) is 17.3. The van der Waals surface area contributed by atoms with Crippen molar-refractivity contribution in [2.45, 2.75) is 18.9 Å². The summed E-state index contributed by atoms with van der Waals surface area (Å²) in [6, 6.07) is 3.99. The molecule has 0 amide bonds. The number of hydrogen-bond donors (Lipinski definition) is 0. The molecule has 1 saturated heterocycles. The summed E-state index contributed by atoms with van der Waals surface area (Å²) in [5.74, 6) is -1.18. The SMILES string of the molecule is O=C(Oc1cc(F)ccc1[N+](=O)[O-])C1CCCN1c1ncnc2sccc12. The van der Waals surface area contributed by atoms with Crippen LogP contribution in [0.1, 0.15) is 12.8 Å². The van der Waals surface area contributed by atoms with E-state index in [4.69, 9.17) is 4.74 Å². The molecule has 1 aromatic carbocycles. The number of anilines is 1. The van der Waals surface area contributed by atoms with Gasteiger partial charge in [0.2, 0.25) is 5.75 Å². The minimum atomic E-state index is -0.720. The lowest BCUT2D eigenvalue weighted by molar-refractivity contribution is -0.385. The molecule has 0 aliphatic carbocycles. The third kappa shape index (κ3) is 3.19. The number of rotatable bonds is 4. The van der Waals surface area contributed by atoms with Crippen LogP contribution in [0, 0.1) is 15.9 Å². The maximum Gasteiger partial charge on any atom is 0.334 e. The van der Waals surface area contributed by atoms with E-state index in [0.717, 1.165) is 34.8 Å². The molecule has 1 aliphatic rings. The highest BCUT2D eigenvalue weighted by atomic mass is 32.1. The molecule has 4 rings (SSSR count). The number of thiophene rings is 1. The Bertz CT molecular complexity index is 1040. The third-order valence-electron chi connectivity index (χ3n) is 4.37. The van der Waals surface area contributed by atoms with Crippen molar-refractivity contribution >= 4 is 39.0 Å². The summed E-state index contributed by atoms with van der Waals surface area (Å²) in [5.41, 5.74) is -0.462. The molecule has 3 aromatic rings. The van der Waals surface area contributed by atoms with Gasteiger partial charge in [-0.25, -0.2) is 19.2 Å². The Labute approximate surface area is 156 Å². The van der Waals surface area contributed by atoms with Gasteiger partial charge >= 0.3 is 11.7 Å². The van der Waals surface area contributed by atoms with Gasteiger partial charge in [0.25, 0.3) is 0 Å². The van der Waals surface area contributed by atoms with Crippen LogP contribution in [-0.2, 0) is 4.79 Å². The first-order valence-corrected chi connectivity index (χ1v) is 9.03. The minimum absolute atomic E-state index is 0.403. The van der Waals surface area contributed by atoms with E-state index in [2.05, 4.69) is 9.97 Å². The molecule has 27 heavy (non-hydrogen) atoms. The van der Waals surface area contributed by atoms with E-state index in [9.17, 15) is 19.3 Å². The molecule has 8 nitrogen and oxygen atoms in total. The fourth-order valence-corrected chi connectivity index (χ4v) is 3.90. The molecular weight excluding hydrogens is 375 g/mol. The van der Waals surface area contributed by atoms with Gasteiger partial charge in [0.15, 0.2) is 0 Å². The second kappa shape index (κ2) is 6.88. The number of esters is 1. The zero-order valence-corrected chi connectivity index (χ0v) is 14.7. The highest BCUT2D eigenvalue weighted by Gasteiger charge is 2.35. The van der Waals surface area contributed by atoms with Crippen molar-refractivity contribution in [2.75, 3.05) is 11.4 Å². The highest BCUT2D eigenvalue weighted by molar-refractivity contribution is 7.16. The van der Waals surface area contributed by atoms with Crippen molar-refractivity contribution in [3.8, 4) is 5.75 Å². The summed E-state index contributed by atoms with van der Waals surface area (Å²) in [7, 11) is 0. The molecule has 0 radical (unpaired) electrons. The summed E-state index contributed by atoms with van der Waals surface area (Å²) < 4.78 is 18.7. The molecule has 138 valence electrons. The smallest absolute Gasteiger partial charge is 0.334 e. The van der Waals surface area contributed by atoms with Crippen LogP contribution >= 0.6 is 11.3 Å². The molecule has 1 fully saturated rings. The molecule has 10 heteroatoms. The van der Waals surface area contributed by atoms with Gasteiger partial charge in [-0.15, -0.1) is 11.3 Å². The standard InChI is InChI=1S/C17H13FN4O4S/c18-10-3-4-12(22(24)25)14(8-10)26-17(23)13-2-1-6-21(13)15-11-5-7-27-16(11)20-9-19-15/h3-5,7-9,13H,1-2,6H2. The van der Waals surface area contributed by atoms with Gasteiger partial charge in [-0.2, -0.15) is 0 Å². The van der Waals surface area contributed by atoms with E-state index in [0.29, 0.717) is 18.8 Å². The number of hydrogen-bond acceptors (Lipinski definition) is 8. The monoisotopic (exact) mass is 388 g/mol. The summed E-state index contributed by atoms with van der Waals surface area (Å²) in [5, 5.41) is 13.8. The second-order valence-electron chi connectivity index (χ2n) is 5.98. The molecule has 1 atom stereocenters. The number of benzene rings is 1. The number of nitro benzene ring substituents is 1. The number of nitrogens with zero attached hydrogens (tertiary/aromatic N) is 4. The van der Waals surface area contributed by atoms with Gasteiger partial charge in [0.1, 0.15) is 28.8 Å². The molecule has 2 aromatic heterocycles. The number of fused-ring (bicyclic) bond motifs is 1. The maximum atomic E-state index is 13.5. The molecule has 0 N–H and O–H groups in total. The Morgan fingerprint density at radius 3 is 3.04 bits per heavy atom. The van der Waals surface area contributed by atoms with E-state index in [1.54, 1.807) is 0 Å². The first-order chi connectivity index (χ1) is 13.0. The third-order valence-corrected chi connectivity index (χ3v) is 5.19. The van der Waals surface area contributed by atoms with Crippen molar-refractivity contribution < 1.29 is 18.8 Å². The van der Waals surface area contributed by atoms with Crippen LogP contribution in [-0.4, -0.2) is 33.4 Å². The Morgan fingerprint density at radius 2 is 2.22 bits per heavy atom. The van der Waals surface area contributed by atoms with Crippen molar-refractivity contribution in [2.24, 2.45) is 0 Å². The predicted octanol–water partition coefficient (Wildman–Crippen LogP) is 3.31. The molecule has 1 unspecified atom stereocenters. The van der Waals surface area contributed by atoms with Crippen molar-refractivity contribution in [3.05, 3.63) is 51.9 Å². The second-order valence-corrected chi connectivity index (χ2v) is 6.87. The topological polar surface area (TPSA) is 98.5 Å². The quantitative estimate of drug-likeness (QED) is 0.293. The van der Waals surface area contributed by atoms with Crippen LogP contribution < -0.4 is 9.64 Å². The van der Waals surface area contributed by atoms with Crippen LogP contribution in [0.4, 0.5) is 15.9 Å². The average molecular weight is 388 g/mol. The van der Waals surface area contributed by atoms with E-state index >= 15 is 0 Å². The Hall–Kier alpha value is -3.14. The summed E-state index contributed by atoms with van der Waals surface area (Å²) in [6.07, 6.45) is 2.69. The number of nitro groups is 1. The van der Waals surface area contributed by atoms with Crippen molar-refractivity contribution in [1.82, 2.24) is 9.97 Å². The molecular formula is C17H13FN4O4S. The van der Waals surface area contributed by atoms with E-state index in [1.165, 1.54) is 17.7 Å². The number of ether oxygens (including phenoxy) is 1. The molecule has 0 spiro atoms. The number of carbonyl (C=O) groups is 1. The Morgan fingerprint density at radius 1 is 1.37 bits per heavy atom. The molecule has 1 aliphatic heterocycles. The number of carbonyl (C=O) groups excluding carboxylic acids is 1. The molecule has 3 heterocycles. The lowest BCUT2D eigenvalue weighted by Crippen LogP contribution is -2.39. The highest BCUT2D eigenvalue weighted by Crippen LogP contribution is 2.33. The zero-order valence-electron chi connectivity index (χ0n) is 13.9. The van der Waals surface area contributed by atoms with E-state index < -0.39 is 34.2 Å². The normalized spacial score (nSPS) is 16.6. The predicted molar refractivity (Wildman–Crippen MR) is 96.5 cm³/mol. The van der Waals surface area contributed by atoms with Crippen LogP contribution in [0.15, 0.2) is 36.0 Å². The molecule has 0 bridgehead atoms.